The number of hydrogen-bond acceptors (Lipinski definition) is 4. The molecule has 2 heterocycles. The maximum Gasteiger partial charge on any atom is 0.422 e. The van der Waals surface area contributed by atoms with Crippen molar-refractivity contribution in [3.63, 3.8) is 0 Å². The molecule has 7 nitrogen and oxygen atoms in total. The summed E-state index contributed by atoms with van der Waals surface area (Å²) in [7, 11) is 0. The minimum atomic E-state index is -4.40. The quantitative estimate of drug-likeness (QED) is 0.324. The number of aliphatic imine (C=N–C) groups is 1. The number of guanidine groups is 1. The zero-order valence-electron chi connectivity index (χ0n) is 18.1. The predicted octanol–water partition coefficient (Wildman–Crippen LogP) is 3.03. The number of hydrogen-bond donors (Lipinski definition) is 1. The van der Waals surface area contributed by atoms with Gasteiger partial charge >= 0.3 is 6.18 Å². The number of carbonyl (C=O) groups is 1. The second-order valence-corrected chi connectivity index (χ2v) is 7.50. The van der Waals surface area contributed by atoms with Crippen molar-refractivity contribution in [2.45, 2.75) is 38.6 Å². The topological polar surface area (TPSA) is 66.4 Å². The molecular weight excluding hydrogens is 540 g/mol. The lowest BCUT2D eigenvalue weighted by atomic mass is 10.2. The van der Waals surface area contributed by atoms with Gasteiger partial charge in [-0.3, -0.25) is 4.79 Å². The van der Waals surface area contributed by atoms with Gasteiger partial charge in [0.2, 0.25) is 0 Å². The fourth-order valence-corrected chi connectivity index (χ4v) is 3.64. The summed E-state index contributed by atoms with van der Waals surface area (Å²) in [6, 6.07) is 6.60. The third-order valence-corrected chi connectivity index (χ3v) is 5.19. The Bertz CT molecular complexity index is 765. The van der Waals surface area contributed by atoms with E-state index in [9.17, 15) is 18.0 Å². The normalized spacial score (nSPS) is 19.5. The summed E-state index contributed by atoms with van der Waals surface area (Å²) < 4.78 is 48.0. The van der Waals surface area contributed by atoms with Crippen LogP contribution >= 0.6 is 24.0 Å². The highest BCUT2D eigenvalue weighted by molar-refractivity contribution is 14.0. The standard InChI is InChI=1S/C21H29F3N4O3.HI/c1-2-25-20(26-14-16-6-3-4-7-17(16)31-15-21(22,23)24)28-11-9-27(10-12-28)19(29)18-8-5-13-30-18;/h3-4,6-7,18H,2,5,8-15H2,1H3,(H,25,26);1H. The van der Waals surface area contributed by atoms with E-state index in [1.807, 2.05) is 11.8 Å². The van der Waals surface area contributed by atoms with Crippen LogP contribution in [0.15, 0.2) is 29.3 Å². The van der Waals surface area contributed by atoms with Gasteiger partial charge in [-0.25, -0.2) is 4.99 Å². The zero-order chi connectivity index (χ0) is 22.3. The molecular formula is C21H30F3IN4O3. The number of nitrogens with zero attached hydrogens (tertiary/aromatic N) is 3. The number of ether oxygens (including phenoxy) is 2. The van der Waals surface area contributed by atoms with Crippen molar-refractivity contribution in [3.05, 3.63) is 29.8 Å². The Morgan fingerprint density at radius 1 is 1.22 bits per heavy atom. The summed E-state index contributed by atoms with van der Waals surface area (Å²) in [4.78, 5) is 21.0. The number of para-hydroxylation sites is 1. The van der Waals surface area contributed by atoms with Gasteiger partial charge < -0.3 is 24.6 Å². The first-order valence-corrected chi connectivity index (χ1v) is 10.6. The van der Waals surface area contributed by atoms with Crippen LogP contribution in [0.1, 0.15) is 25.3 Å². The monoisotopic (exact) mass is 570 g/mol. The molecule has 180 valence electrons. The number of halogens is 4. The van der Waals surface area contributed by atoms with E-state index in [2.05, 4.69) is 15.2 Å². The van der Waals surface area contributed by atoms with Gasteiger partial charge in [0.15, 0.2) is 12.6 Å². The van der Waals surface area contributed by atoms with Gasteiger partial charge in [0.25, 0.3) is 5.91 Å². The molecule has 11 heteroatoms. The van der Waals surface area contributed by atoms with Crippen molar-refractivity contribution >= 4 is 35.8 Å². The molecule has 1 N–H and O–H groups in total. The number of amides is 1. The summed E-state index contributed by atoms with van der Waals surface area (Å²) in [5.41, 5.74) is 0.578. The molecule has 1 aromatic rings. The van der Waals surface area contributed by atoms with Crippen molar-refractivity contribution in [2.24, 2.45) is 4.99 Å². The molecule has 2 saturated heterocycles. The SMILES string of the molecule is CCNC(=NCc1ccccc1OCC(F)(F)F)N1CCN(C(=O)C2CCCO2)CC1.I. The van der Waals surface area contributed by atoms with Crippen LogP contribution in [0.3, 0.4) is 0 Å². The van der Waals surface area contributed by atoms with Gasteiger partial charge in [-0.15, -0.1) is 24.0 Å². The van der Waals surface area contributed by atoms with Crippen molar-refractivity contribution in [3.8, 4) is 5.75 Å². The van der Waals surface area contributed by atoms with Gasteiger partial charge in [-0.1, -0.05) is 18.2 Å². The number of rotatable bonds is 6. The zero-order valence-corrected chi connectivity index (χ0v) is 20.4. The Kier molecular flexibility index (Phi) is 10.3. The molecule has 2 aliphatic heterocycles. The first kappa shape index (κ1) is 26.5. The van der Waals surface area contributed by atoms with Crippen LogP contribution < -0.4 is 10.1 Å². The van der Waals surface area contributed by atoms with Crippen LogP contribution in [0, 0.1) is 0 Å². The third-order valence-electron chi connectivity index (χ3n) is 5.19. The minimum Gasteiger partial charge on any atom is -0.484 e. The van der Waals surface area contributed by atoms with Crippen LogP contribution in [0.2, 0.25) is 0 Å². The summed E-state index contributed by atoms with van der Waals surface area (Å²) in [5.74, 6) is 0.888. The van der Waals surface area contributed by atoms with Gasteiger partial charge in [0.05, 0.1) is 6.54 Å². The Morgan fingerprint density at radius 2 is 1.91 bits per heavy atom. The van der Waals surface area contributed by atoms with Crippen molar-refractivity contribution in [1.82, 2.24) is 15.1 Å². The fraction of sp³-hybridized carbons (Fsp3) is 0.619. The van der Waals surface area contributed by atoms with E-state index < -0.39 is 12.8 Å². The Labute approximate surface area is 203 Å². The van der Waals surface area contributed by atoms with Gasteiger partial charge in [-0.2, -0.15) is 13.2 Å². The maximum absolute atomic E-state index is 12.5. The molecule has 1 aromatic carbocycles. The average molecular weight is 570 g/mol. The van der Waals surface area contributed by atoms with E-state index in [1.54, 1.807) is 18.2 Å². The lowest BCUT2D eigenvalue weighted by Gasteiger charge is -2.37. The second-order valence-electron chi connectivity index (χ2n) is 7.50. The first-order valence-electron chi connectivity index (χ1n) is 10.6. The Balaban J connectivity index is 0.00000363. The van der Waals surface area contributed by atoms with E-state index >= 15 is 0 Å². The smallest absolute Gasteiger partial charge is 0.422 e. The molecule has 0 saturated carbocycles. The van der Waals surface area contributed by atoms with Crippen LogP contribution in [0.5, 0.6) is 5.75 Å². The van der Waals surface area contributed by atoms with Crippen LogP contribution in [-0.4, -0.2) is 79.9 Å². The summed E-state index contributed by atoms with van der Waals surface area (Å²) in [6.07, 6.45) is -3.02. The summed E-state index contributed by atoms with van der Waals surface area (Å²) in [6.45, 7) is 4.49. The summed E-state index contributed by atoms with van der Waals surface area (Å²) in [5, 5.41) is 3.22. The molecule has 0 aliphatic carbocycles. The molecule has 0 bridgehead atoms. The predicted molar refractivity (Wildman–Crippen MR) is 125 cm³/mol. The van der Waals surface area contributed by atoms with Gasteiger partial charge in [0, 0.05) is 44.9 Å². The molecule has 1 amide bonds. The van der Waals surface area contributed by atoms with E-state index in [0.717, 1.165) is 12.8 Å². The van der Waals surface area contributed by atoms with Crippen LogP contribution in [0.25, 0.3) is 0 Å². The number of carbonyl (C=O) groups excluding carboxylic acids is 1. The molecule has 1 atom stereocenters. The van der Waals surface area contributed by atoms with Crippen molar-refractivity contribution < 1.29 is 27.4 Å². The lowest BCUT2D eigenvalue weighted by molar-refractivity contribution is -0.153. The highest BCUT2D eigenvalue weighted by atomic mass is 127. The van der Waals surface area contributed by atoms with E-state index in [4.69, 9.17) is 9.47 Å². The number of piperazine rings is 1. The van der Waals surface area contributed by atoms with Gasteiger partial charge in [-0.05, 0) is 25.8 Å². The van der Waals surface area contributed by atoms with E-state index in [0.29, 0.717) is 50.9 Å². The number of benzene rings is 1. The highest BCUT2D eigenvalue weighted by Crippen LogP contribution is 2.23. The average Bonchev–Trinajstić information content (AvgIpc) is 3.30. The molecule has 1 unspecified atom stereocenters. The van der Waals surface area contributed by atoms with Crippen LogP contribution in [0.4, 0.5) is 13.2 Å². The minimum absolute atomic E-state index is 0. The molecule has 0 radical (unpaired) electrons. The molecule has 2 aliphatic rings. The van der Waals surface area contributed by atoms with E-state index in [1.165, 1.54) is 6.07 Å². The lowest BCUT2D eigenvalue weighted by Crippen LogP contribution is -2.55. The Morgan fingerprint density at radius 3 is 2.53 bits per heavy atom. The highest BCUT2D eigenvalue weighted by Gasteiger charge is 2.31. The third kappa shape index (κ3) is 7.68. The van der Waals surface area contributed by atoms with Crippen molar-refractivity contribution in [1.29, 1.82) is 0 Å². The second kappa shape index (κ2) is 12.5. The largest absolute Gasteiger partial charge is 0.484 e. The molecule has 2 fully saturated rings. The molecule has 3 rings (SSSR count). The molecule has 0 spiro atoms. The van der Waals surface area contributed by atoms with E-state index in [-0.39, 0.29) is 48.3 Å². The number of nitrogens with one attached hydrogen (secondary N) is 1. The molecule has 0 aromatic heterocycles. The molecule has 32 heavy (non-hydrogen) atoms. The maximum atomic E-state index is 12.5. The summed E-state index contributed by atoms with van der Waals surface area (Å²) >= 11 is 0. The first-order chi connectivity index (χ1) is 14.9. The van der Waals surface area contributed by atoms with Gasteiger partial charge in [0.1, 0.15) is 11.9 Å². The Hall–Kier alpha value is -1.76. The fourth-order valence-electron chi connectivity index (χ4n) is 3.64. The van der Waals surface area contributed by atoms with Crippen LogP contribution in [-0.2, 0) is 16.1 Å². The van der Waals surface area contributed by atoms with Crippen molar-refractivity contribution in [2.75, 3.05) is 45.9 Å². The number of alkyl halides is 3.